The van der Waals surface area contributed by atoms with E-state index in [4.69, 9.17) is 0 Å². The molecular formula is C21H20F2N4O2. The summed E-state index contributed by atoms with van der Waals surface area (Å²) in [5.74, 6) is -2.11. The fourth-order valence-corrected chi connectivity index (χ4v) is 2.76. The fourth-order valence-electron chi connectivity index (χ4n) is 2.76. The van der Waals surface area contributed by atoms with Crippen molar-refractivity contribution in [3.63, 3.8) is 0 Å². The minimum absolute atomic E-state index is 0.00510. The van der Waals surface area contributed by atoms with E-state index in [1.807, 2.05) is 30.3 Å². The molecule has 0 saturated heterocycles. The molecule has 2 amide bonds. The van der Waals surface area contributed by atoms with E-state index in [1.54, 1.807) is 13.1 Å². The smallest absolute Gasteiger partial charge is 0.254 e. The van der Waals surface area contributed by atoms with Gasteiger partial charge in [-0.15, -0.1) is 0 Å². The maximum atomic E-state index is 13.6. The van der Waals surface area contributed by atoms with E-state index in [2.05, 4.69) is 20.6 Å². The third-order valence-corrected chi connectivity index (χ3v) is 4.28. The standard InChI is InChI=1S/C21H20F2N4O2/c1-13(20-25-12-18(27-20)14-5-3-2-4-6-14)26-19(28)9-10-24-21(29)16-8-7-15(22)11-17(16)23/h2-8,11-13H,9-10H2,1H3,(H,24,29)(H,25,27)(H,26,28). The van der Waals surface area contributed by atoms with Crippen LogP contribution in [0.2, 0.25) is 0 Å². The first kappa shape index (κ1) is 20.2. The second-order valence-electron chi connectivity index (χ2n) is 6.47. The van der Waals surface area contributed by atoms with Crippen molar-refractivity contribution in [1.29, 1.82) is 0 Å². The topological polar surface area (TPSA) is 86.9 Å². The van der Waals surface area contributed by atoms with Crippen LogP contribution in [0.25, 0.3) is 11.3 Å². The molecule has 29 heavy (non-hydrogen) atoms. The predicted molar refractivity (Wildman–Crippen MR) is 104 cm³/mol. The number of carbonyl (C=O) groups is 2. The van der Waals surface area contributed by atoms with Crippen LogP contribution in [0.3, 0.4) is 0 Å². The normalized spacial score (nSPS) is 11.7. The van der Waals surface area contributed by atoms with E-state index in [1.165, 1.54) is 0 Å². The summed E-state index contributed by atoms with van der Waals surface area (Å²) in [6.07, 6.45) is 1.70. The highest BCUT2D eigenvalue weighted by Crippen LogP contribution is 2.18. The summed E-state index contributed by atoms with van der Waals surface area (Å²) < 4.78 is 26.5. The molecule has 0 bridgehead atoms. The number of rotatable bonds is 7. The summed E-state index contributed by atoms with van der Waals surface area (Å²) in [4.78, 5) is 31.5. The minimum atomic E-state index is -0.951. The summed E-state index contributed by atoms with van der Waals surface area (Å²) >= 11 is 0. The lowest BCUT2D eigenvalue weighted by Crippen LogP contribution is -2.32. The highest BCUT2D eigenvalue weighted by atomic mass is 19.1. The summed E-state index contributed by atoms with van der Waals surface area (Å²) in [5, 5.41) is 5.23. The van der Waals surface area contributed by atoms with Crippen LogP contribution in [0.1, 0.15) is 35.6 Å². The number of hydrogen-bond acceptors (Lipinski definition) is 3. The molecule has 1 heterocycles. The van der Waals surface area contributed by atoms with Gasteiger partial charge in [0.15, 0.2) is 0 Å². The van der Waals surface area contributed by atoms with E-state index in [9.17, 15) is 18.4 Å². The van der Waals surface area contributed by atoms with Gasteiger partial charge in [0.05, 0.1) is 23.5 Å². The molecule has 6 nitrogen and oxygen atoms in total. The second-order valence-corrected chi connectivity index (χ2v) is 6.47. The second kappa shape index (κ2) is 9.09. The number of H-pyrrole nitrogens is 1. The average Bonchev–Trinajstić information content (AvgIpc) is 3.19. The first-order valence-electron chi connectivity index (χ1n) is 9.07. The van der Waals surface area contributed by atoms with E-state index in [-0.39, 0.29) is 30.5 Å². The van der Waals surface area contributed by atoms with Crippen molar-refractivity contribution in [3.8, 4) is 11.3 Å². The largest absolute Gasteiger partial charge is 0.351 e. The van der Waals surface area contributed by atoms with Gasteiger partial charge >= 0.3 is 0 Å². The number of nitrogens with one attached hydrogen (secondary N) is 3. The predicted octanol–water partition coefficient (Wildman–Crippen LogP) is 3.35. The lowest BCUT2D eigenvalue weighted by Gasteiger charge is -2.12. The van der Waals surface area contributed by atoms with Crippen LogP contribution in [0.5, 0.6) is 0 Å². The molecule has 8 heteroatoms. The third-order valence-electron chi connectivity index (χ3n) is 4.28. The molecule has 0 saturated carbocycles. The van der Waals surface area contributed by atoms with E-state index in [0.717, 1.165) is 23.4 Å². The van der Waals surface area contributed by atoms with Gasteiger partial charge in [0.25, 0.3) is 5.91 Å². The van der Waals surface area contributed by atoms with Gasteiger partial charge in [-0.3, -0.25) is 9.59 Å². The Morgan fingerprint density at radius 2 is 1.90 bits per heavy atom. The number of aromatic amines is 1. The SMILES string of the molecule is CC(NC(=O)CCNC(=O)c1ccc(F)cc1F)c1ncc(-c2ccccc2)[nH]1. The summed E-state index contributed by atoms with van der Waals surface area (Å²) in [5.41, 5.74) is 1.56. The van der Waals surface area contributed by atoms with Crippen molar-refractivity contribution in [3.05, 3.63) is 77.8 Å². The molecule has 0 radical (unpaired) electrons. The molecule has 2 aromatic carbocycles. The lowest BCUT2D eigenvalue weighted by molar-refractivity contribution is -0.121. The monoisotopic (exact) mass is 398 g/mol. The van der Waals surface area contributed by atoms with Crippen LogP contribution >= 0.6 is 0 Å². The first-order valence-corrected chi connectivity index (χ1v) is 9.07. The number of halogens is 2. The number of imidazole rings is 1. The Kier molecular flexibility index (Phi) is 6.33. The van der Waals surface area contributed by atoms with Gasteiger partial charge in [0.2, 0.25) is 5.91 Å². The number of hydrogen-bond donors (Lipinski definition) is 3. The zero-order valence-electron chi connectivity index (χ0n) is 15.7. The molecule has 0 aliphatic heterocycles. The Labute approximate surface area is 166 Å². The number of nitrogens with zero attached hydrogens (tertiary/aromatic N) is 1. The van der Waals surface area contributed by atoms with Crippen molar-refractivity contribution < 1.29 is 18.4 Å². The Bertz CT molecular complexity index is 1000. The van der Waals surface area contributed by atoms with Gasteiger partial charge in [-0.25, -0.2) is 13.8 Å². The highest BCUT2D eigenvalue weighted by molar-refractivity contribution is 5.94. The lowest BCUT2D eigenvalue weighted by atomic mass is 10.2. The molecule has 1 unspecified atom stereocenters. The van der Waals surface area contributed by atoms with Crippen molar-refractivity contribution in [1.82, 2.24) is 20.6 Å². The molecule has 1 atom stereocenters. The van der Waals surface area contributed by atoms with Gasteiger partial charge in [-0.1, -0.05) is 30.3 Å². The third kappa shape index (κ3) is 5.25. The average molecular weight is 398 g/mol. The van der Waals surface area contributed by atoms with Crippen LogP contribution in [-0.2, 0) is 4.79 Å². The maximum Gasteiger partial charge on any atom is 0.254 e. The Morgan fingerprint density at radius 1 is 1.14 bits per heavy atom. The molecule has 0 aliphatic rings. The number of aromatic nitrogens is 2. The summed E-state index contributed by atoms with van der Waals surface area (Å²) in [6.45, 7) is 1.81. The van der Waals surface area contributed by atoms with E-state index >= 15 is 0 Å². The zero-order valence-corrected chi connectivity index (χ0v) is 15.7. The molecule has 3 rings (SSSR count). The number of benzene rings is 2. The van der Waals surface area contributed by atoms with Crippen molar-refractivity contribution in [2.24, 2.45) is 0 Å². The zero-order chi connectivity index (χ0) is 20.8. The van der Waals surface area contributed by atoms with E-state index in [0.29, 0.717) is 11.9 Å². The van der Waals surface area contributed by atoms with Crippen LogP contribution < -0.4 is 10.6 Å². The Balaban J connectivity index is 1.48. The van der Waals surface area contributed by atoms with Crippen LogP contribution in [-0.4, -0.2) is 28.3 Å². The quantitative estimate of drug-likeness (QED) is 0.570. The molecule has 0 spiro atoms. The van der Waals surface area contributed by atoms with E-state index < -0.39 is 17.5 Å². The van der Waals surface area contributed by atoms with Gasteiger partial charge < -0.3 is 15.6 Å². The van der Waals surface area contributed by atoms with Crippen LogP contribution in [0.15, 0.2) is 54.7 Å². The summed E-state index contributed by atoms with van der Waals surface area (Å²) in [7, 11) is 0. The fraction of sp³-hybridized carbons (Fsp3) is 0.190. The van der Waals surface area contributed by atoms with Gasteiger partial charge in [0, 0.05) is 19.0 Å². The molecular weight excluding hydrogens is 378 g/mol. The molecule has 3 N–H and O–H groups in total. The molecule has 150 valence electrons. The van der Waals surface area contributed by atoms with Gasteiger partial charge in [-0.2, -0.15) is 0 Å². The summed E-state index contributed by atoms with van der Waals surface area (Å²) in [6, 6.07) is 12.0. The number of amides is 2. The molecule has 0 aliphatic carbocycles. The van der Waals surface area contributed by atoms with Gasteiger partial charge in [0.1, 0.15) is 17.5 Å². The van der Waals surface area contributed by atoms with Crippen LogP contribution in [0.4, 0.5) is 8.78 Å². The van der Waals surface area contributed by atoms with Gasteiger partial charge in [-0.05, 0) is 24.6 Å². The van der Waals surface area contributed by atoms with Crippen molar-refractivity contribution in [2.45, 2.75) is 19.4 Å². The Hall–Kier alpha value is -3.55. The highest BCUT2D eigenvalue weighted by Gasteiger charge is 2.15. The van der Waals surface area contributed by atoms with Crippen molar-refractivity contribution >= 4 is 11.8 Å². The number of carbonyl (C=O) groups excluding carboxylic acids is 2. The van der Waals surface area contributed by atoms with Crippen LogP contribution in [0, 0.1) is 11.6 Å². The maximum absolute atomic E-state index is 13.6. The first-order chi connectivity index (χ1) is 13.9. The molecule has 3 aromatic rings. The van der Waals surface area contributed by atoms with Crippen molar-refractivity contribution in [2.75, 3.05) is 6.54 Å². The Morgan fingerprint density at radius 3 is 2.62 bits per heavy atom. The molecule has 0 fully saturated rings. The minimum Gasteiger partial charge on any atom is -0.351 e. The molecule has 1 aromatic heterocycles.